The average Bonchev–Trinajstić information content (AvgIpc) is 2.53. The first-order valence-corrected chi connectivity index (χ1v) is 12.7. The molecule has 10 heteroatoms. The molecule has 2 aromatic rings. The molecule has 0 saturated heterocycles. The highest BCUT2D eigenvalue weighted by atomic mass is 32.2. The van der Waals surface area contributed by atoms with Gasteiger partial charge in [0, 0.05) is 18.6 Å². The highest BCUT2D eigenvalue weighted by molar-refractivity contribution is 7.91. The van der Waals surface area contributed by atoms with E-state index in [1.807, 2.05) is 0 Å². The van der Waals surface area contributed by atoms with Crippen molar-refractivity contribution in [2.24, 2.45) is 0 Å². The van der Waals surface area contributed by atoms with Gasteiger partial charge in [0.25, 0.3) is 0 Å². The van der Waals surface area contributed by atoms with Crippen LogP contribution in [0.5, 0.6) is 0 Å². The first kappa shape index (κ1) is 20.6. The van der Waals surface area contributed by atoms with Crippen LogP contribution in [0.15, 0.2) is 63.2 Å². The zero-order valence-corrected chi connectivity index (χ0v) is 16.8. The summed E-state index contributed by atoms with van der Waals surface area (Å²) < 4.78 is 73.7. The maximum Gasteiger partial charge on any atom is 0.241 e. The number of nitrogens with one attached hydrogen (secondary N) is 1. The van der Waals surface area contributed by atoms with Crippen molar-refractivity contribution in [1.29, 1.82) is 0 Å². The molecule has 2 aromatic carbocycles. The van der Waals surface area contributed by atoms with Crippen LogP contribution in [0.2, 0.25) is 0 Å². The molecule has 7 nitrogen and oxygen atoms in total. The zero-order valence-electron chi connectivity index (χ0n) is 14.4. The van der Waals surface area contributed by atoms with Crippen LogP contribution in [0.3, 0.4) is 0 Å². The zero-order chi connectivity index (χ0) is 19.8. The normalized spacial score (nSPS) is 14.1. The molecule has 1 unspecified atom stereocenters. The third-order valence-electron chi connectivity index (χ3n) is 3.68. The Morgan fingerprint density at radius 1 is 0.731 bits per heavy atom. The van der Waals surface area contributed by atoms with E-state index < -0.39 is 35.7 Å². The van der Waals surface area contributed by atoms with Gasteiger partial charge < -0.3 is 0 Å². The van der Waals surface area contributed by atoms with Crippen LogP contribution in [0.4, 0.5) is 0 Å². The lowest BCUT2D eigenvalue weighted by molar-refractivity contribution is 0.566. The van der Waals surface area contributed by atoms with E-state index in [0.717, 1.165) is 18.6 Å². The van der Waals surface area contributed by atoms with Gasteiger partial charge >= 0.3 is 0 Å². The first-order chi connectivity index (χ1) is 11.8. The Bertz CT molecular complexity index is 1120. The van der Waals surface area contributed by atoms with E-state index in [1.165, 1.54) is 42.5 Å². The maximum absolute atomic E-state index is 12.5. The van der Waals surface area contributed by atoms with Gasteiger partial charge in [-0.15, -0.1) is 0 Å². The molecule has 142 valence electrons. The SMILES string of the molecule is CC(NS(=O)(=O)c1cccc(S(C)(=O)=O)c1)c1ccc(S(C)(=O)=O)cc1. The number of hydrogen-bond acceptors (Lipinski definition) is 6. The average molecular weight is 418 g/mol. The van der Waals surface area contributed by atoms with Crippen LogP contribution in [-0.4, -0.2) is 37.8 Å². The predicted octanol–water partition coefficient (Wildman–Crippen LogP) is 1.53. The molecule has 0 radical (unpaired) electrons. The molecule has 0 bridgehead atoms. The quantitative estimate of drug-likeness (QED) is 0.762. The maximum atomic E-state index is 12.5. The Labute approximate surface area is 154 Å². The van der Waals surface area contributed by atoms with Gasteiger partial charge in [-0.2, -0.15) is 0 Å². The number of hydrogen-bond donors (Lipinski definition) is 1. The monoisotopic (exact) mass is 417 g/mol. The van der Waals surface area contributed by atoms with E-state index in [1.54, 1.807) is 6.92 Å². The first-order valence-electron chi connectivity index (χ1n) is 7.43. The minimum Gasteiger partial charge on any atom is -0.224 e. The van der Waals surface area contributed by atoms with Crippen molar-refractivity contribution in [3.05, 3.63) is 54.1 Å². The van der Waals surface area contributed by atoms with Gasteiger partial charge in [-0.3, -0.25) is 0 Å². The summed E-state index contributed by atoms with van der Waals surface area (Å²) in [6, 6.07) is 10.3. The van der Waals surface area contributed by atoms with E-state index in [4.69, 9.17) is 0 Å². The number of rotatable bonds is 6. The van der Waals surface area contributed by atoms with Gasteiger partial charge in [-0.05, 0) is 42.8 Å². The number of sulfone groups is 2. The van der Waals surface area contributed by atoms with Crippen molar-refractivity contribution in [1.82, 2.24) is 4.72 Å². The van der Waals surface area contributed by atoms with Gasteiger partial charge in [-0.1, -0.05) is 18.2 Å². The second-order valence-corrected chi connectivity index (χ2v) is 11.7. The van der Waals surface area contributed by atoms with Gasteiger partial charge in [0.15, 0.2) is 19.7 Å². The second-order valence-electron chi connectivity index (χ2n) is 5.93. The molecule has 0 aromatic heterocycles. The van der Waals surface area contributed by atoms with Crippen LogP contribution < -0.4 is 4.72 Å². The molecule has 0 fully saturated rings. The Morgan fingerprint density at radius 2 is 1.23 bits per heavy atom. The van der Waals surface area contributed by atoms with Crippen molar-refractivity contribution in [3.8, 4) is 0 Å². The number of benzene rings is 2. The Hall–Kier alpha value is -1.75. The molecule has 1 N–H and O–H groups in total. The molecular formula is C16H19NO6S3. The molecule has 0 aliphatic heterocycles. The van der Waals surface area contributed by atoms with Crippen molar-refractivity contribution in [2.45, 2.75) is 27.7 Å². The summed E-state index contributed by atoms with van der Waals surface area (Å²) in [5, 5.41) is 0. The summed E-state index contributed by atoms with van der Waals surface area (Å²) in [4.78, 5) is -0.122. The summed E-state index contributed by atoms with van der Waals surface area (Å²) in [7, 11) is -10.8. The lowest BCUT2D eigenvalue weighted by Crippen LogP contribution is -2.27. The fourth-order valence-electron chi connectivity index (χ4n) is 2.24. The van der Waals surface area contributed by atoms with Crippen LogP contribution in [-0.2, 0) is 29.7 Å². The molecule has 1 atom stereocenters. The molecular weight excluding hydrogens is 398 g/mol. The van der Waals surface area contributed by atoms with Crippen LogP contribution in [0.1, 0.15) is 18.5 Å². The smallest absolute Gasteiger partial charge is 0.224 e. The molecule has 0 amide bonds. The van der Waals surface area contributed by atoms with Gasteiger partial charge in [0.05, 0.1) is 14.7 Å². The van der Waals surface area contributed by atoms with E-state index in [-0.39, 0.29) is 14.7 Å². The summed E-state index contributed by atoms with van der Waals surface area (Å²) in [5.41, 5.74) is 0.570. The highest BCUT2D eigenvalue weighted by Gasteiger charge is 2.20. The Balaban J connectivity index is 2.29. The largest absolute Gasteiger partial charge is 0.241 e. The molecule has 0 aliphatic rings. The highest BCUT2D eigenvalue weighted by Crippen LogP contribution is 2.21. The Morgan fingerprint density at radius 3 is 1.73 bits per heavy atom. The molecule has 0 spiro atoms. The topological polar surface area (TPSA) is 114 Å². The van der Waals surface area contributed by atoms with Crippen LogP contribution in [0, 0.1) is 0 Å². The van der Waals surface area contributed by atoms with E-state index in [2.05, 4.69) is 4.72 Å². The van der Waals surface area contributed by atoms with Crippen molar-refractivity contribution in [2.75, 3.05) is 12.5 Å². The predicted molar refractivity (Wildman–Crippen MR) is 97.8 cm³/mol. The minimum atomic E-state index is -3.96. The molecule has 0 saturated carbocycles. The lowest BCUT2D eigenvalue weighted by atomic mass is 10.1. The summed E-state index contributed by atoms with van der Waals surface area (Å²) in [6.45, 7) is 1.60. The summed E-state index contributed by atoms with van der Waals surface area (Å²) >= 11 is 0. The van der Waals surface area contributed by atoms with Crippen molar-refractivity contribution in [3.63, 3.8) is 0 Å². The van der Waals surface area contributed by atoms with Gasteiger partial charge in [0.1, 0.15) is 0 Å². The van der Waals surface area contributed by atoms with Gasteiger partial charge in [-0.25, -0.2) is 30.0 Å². The van der Waals surface area contributed by atoms with Crippen LogP contribution in [0.25, 0.3) is 0 Å². The fourth-order valence-corrected chi connectivity index (χ4v) is 4.89. The summed E-state index contributed by atoms with van der Waals surface area (Å²) in [5.74, 6) is 0. The second kappa shape index (κ2) is 7.10. The number of sulfonamides is 1. The molecule has 0 aliphatic carbocycles. The van der Waals surface area contributed by atoms with E-state index >= 15 is 0 Å². The van der Waals surface area contributed by atoms with Gasteiger partial charge in [0.2, 0.25) is 10.0 Å². The Kier molecular flexibility index (Phi) is 5.62. The van der Waals surface area contributed by atoms with E-state index in [0.29, 0.717) is 5.56 Å². The minimum absolute atomic E-state index is 0.0921. The third kappa shape index (κ3) is 4.91. The van der Waals surface area contributed by atoms with Crippen molar-refractivity contribution < 1.29 is 25.3 Å². The van der Waals surface area contributed by atoms with Crippen LogP contribution >= 0.6 is 0 Å². The summed E-state index contributed by atoms with van der Waals surface area (Å²) in [6.07, 6.45) is 2.08. The lowest BCUT2D eigenvalue weighted by Gasteiger charge is -2.15. The third-order valence-corrected chi connectivity index (χ3v) is 7.46. The molecule has 26 heavy (non-hydrogen) atoms. The van der Waals surface area contributed by atoms with Crippen molar-refractivity contribution >= 4 is 29.7 Å². The molecule has 0 heterocycles. The van der Waals surface area contributed by atoms with E-state index in [9.17, 15) is 25.3 Å². The standard InChI is InChI=1S/C16H19NO6S3/c1-12(13-7-9-14(10-8-13)24(2,18)19)17-26(22,23)16-6-4-5-15(11-16)25(3,20)21/h4-12,17H,1-3H3. The molecule has 2 rings (SSSR count). The fraction of sp³-hybridized carbons (Fsp3) is 0.250.